The summed E-state index contributed by atoms with van der Waals surface area (Å²) >= 11 is 10.9. The molecule has 0 fully saturated rings. The van der Waals surface area contributed by atoms with Gasteiger partial charge >= 0.3 is 5.97 Å². The van der Waals surface area contributed by atoms with Crippen LogP contribution in [-0.2, 0) is 16.2 Å². The van der Waals surface area contributed by atoms with Crippen LogP contribution >= 0.6 is 35.1 Å². The summed E-state index contributed by atoms with van der Waals surface area (Å²) in [6, 6.07) is 15.6. The van der Waals surface area contributed by atoms with Crippen LogP contribution < -0.4 is 0 Å². The Morgan fingerprint density at radius 1 is 1.09 bits per heavy atom. The number of hydrogen-bond donors (Lipinski definition) is 1. The predicted molar refractivity (Wildman–Crippen MR) is 142 cm³/mol. The fraction of sp³-hybridized carbons (Fsp3) is 0.360. The van der Waals surface area contributed by atoms with E-state index in [4.69, 9.17) is 16.4 Å². The minimum absolute atomic E-state index is 0.129. The number of carbonyl (C=O) groups is 1. The van der Waals surface area contributed by atoms with Crippen molar-refractivity contribution >= 4 is 57.7 Å². The quantitative estimate of drug-likeness (QED) is 0.162. The molecule has 8 heteroatoms. The smallest absolute Gasteiger partial charge is 0.358 e. The fourth-order valence-electron chi connectivity index (χ4n) is 3.70. The Hall–Kier alpha value is -2.09. The number of benzene rings is 2. The third kappa shape index (κ3) is 5.89. The first kappa shape index (κ1) is 25.5. The second-order valence-electron chi connectivity index (χ2n) is 7.47. The van der Waals surface area contributed by atoms with Crippen LogP contribution in [0.4, 0.5) is 0 Å². The zero-order chi connectivity index (χ0) is 23.8. The maximum absolute atomic E-state index is 11.8. The SMILES string of the molecule is CCCSC(SCCC)c1c(Cl)n(Cc2ccccc2C(=NOC)C(=O)O)c2ccccc12. The Morgan fingerprint density at radius 2 is 1.73 bits per heavy atom. The van der Waals surface area contributed by atoms with Gasteiger partial charge < -0.3 is 14.5 Å². The number of carboxylic acids is 1. The normalized spacial score (nSPS) is 12.0. The average Bonchev–Trinajstić information content (AvgIpc) is 3.09. The maximum Gasteiger partial charge on any atom is 0.358 e. The zero-order valence-electron chi connectivity index (χ0n) is 19.1. The van der Waals surface area contributed by atoms with Crippen LogP contribution in [0.5, 0.6) is 0 Å². The lowest BCUT2D eigenvalue weighted by molar-refractivity contribution is -0.129. The molecule has 1 heterocycles. The number of thioether (sulfide) groups is 2. The standard InChI is InChI=1S/C25H29ClN2O3S2/c1-4-14-32-25(33-15-5-2)21-19-12-8-9-13-20(19)28(23(21)26)16-17-10-6-7-11-18(17)22(24(29)30)27-31-3/h6-13,25H,4-5,14-16H2,1-3H3,(H,29,30). The number of para-hydroxylation sites is 1. The van der Waals surface area contributed by atoms with Gasteiger partial charge in [0.25, 0.3) is 0 Å². The van der Waals surface area contributed by atoms with Crippen molar-refractivity contribution < 1.29 is 14.7 Å². The first-order chi connectivity index (χ1) is 16.0. The molecule has 3 rings (SSSR count). The first-order valence-electron chi connectivity index (χ1n) is 11.0. The minimum atomic E-state index is -1.14. The van der Waals surface area contributed by atoms with Crippen molar-refractivity contribution in [1.29, 1.82) is 0 Å². The Labute approximate surface area is 208 Å². The van der Waals surface area contributed by atoms with Gasteiger partial charge in [-0.15, -0.1) is 23.5 Å². The molecule has 33 heavy (non-hydrogen) atoms. The molecule has 0 atom stereocenters. The third-order valence-electron chi connectivity index (χ3n) is 5.11. The molecule has 0 aliphatic heterocycles. The number of oxime groups is 1. The van der Waals surface area contributed by atoms with E-state index in [1.54, 1.807) is 12.1 Å². The average molecular weight is 505 g/mol. The van der Waals surface area contributed by atoms with Gasteiger partial charge in [-0.3, -0.25) is 0 Å². The number of aromatic nitrogens is 1. The number of carboxylic acid groups (broad SMARTS) is 1. The van der Waals surface area contributed by atoms with E-state index in [1.165, 1.54) is 7.11 Å². The van der Waals surface area contributed by atoms with Gasteiger partial charge in [-0.25, -0.2) is 4.79 Å². The Kier molecular flexibility index (Phi) is 9.59. The number of nitrogens with zero attached hydrogens (tertiary/aromatic N) is 2. The van der Waals surface area contributed by atoms with Gasteiger partial charge in [-0.05, 0) is 36.0 Å². The van der Waals surface area contributed by atoms with Crippen LogP contribution in [0.1, 0.15) is 48.0 Å². The highest BCUT2D eigenvalue weighted by Gasteiger charge is 2.25. The highest BCUT2D eigenvalue weighted by atomic mass is 35.5. The van der Waals surface area contributed by atoms with Crippen LogP contribution in [-0.4, -0.2) is 40.0 Å². The summed E-state index contributed by atoms with van der Waals surface area (Å²) in [6.45, 7) is 4.81. The fourth-order valence-corrected chi connectivity index (χ4v) is 6.86. The third-order valence-corrected chi connectivity index (χ3v) is 8.70. The summed E-state index contributed by atoms with van der Waals surface area (Å²) in [4.78, 5) is 16.6. The molecule has 0 amide bonds. The molecular formula is C25H29ClN2O3S2. The van der Waals surface area contributed by atoms with E-state index >= 15 is 0 Å². The number of hydrogen-bond acceptors (Lipinski definition) is 5. The van der Waals surface area contributed by atoms with Crippen LogP contribution in [0.15, 0.2) is 53.7 Å². The van der Waals surface area contributed by atoms with Gasteiger partial charge in [-0.2, -0.15) is 0 Å². The Morgan fingerprint density at radius 3 is 2.36 bits per heavy atom. The predicted octanol–water partition coefficient (Wildman–Crippen LogP) is 7.06. The number of aliphatic carboxylic acids is 1. The molecule has 0 radical (unpaired) electrons. The summed E-state index contributed by atoms with van der Waals surface area (Å²) < 4.78 is 2.31. The molecule has 176 valence electrons. The molecule has 0 aliphatic carbocycles. The Balaban J connectivity index is 2.12. The molecule has 0 unspecified atom stereocenters. The van der Waals surface area contributed by atoms with Crippen molar-refractivity contribution in [1.82, 2.24) is 4.57 Å². The summed E-state index contributed by atoms with van der Waals surface area (Å²) in [5.41, 5.74) is 3.37. The number of fused-ring (bicyclic) bond motifs is 1. The second-order valence-corrected chi connectivity index (χ2v) is 10.5. The van der Waals surface area contributed by atoms with Crippen molar-refractivity contribution in [2.75, 3.05) is 18.6 Å². The van der Waals surface area contributed by atoms with Crippen LogP contribution in [0.2, 0.25) is 5.15 Å². The highest BCUT2D eigenvalue weighted by molar-refractivity contribution is 8.16. The van der Waals surface area contributed by atoms with Crippen molar-refractivity contribution in [3.63, 3.8) is 0 Å². The van der Waals surface area contributed by atoms with Crippen LogP contribution in [0, 0.1) is 0 Å². The lowest BCUT2D eigenvalue weighted by atomic mass is 10.0. The van der Waals surface area contributed by atoms with Crippen LogP contribution in [0.3, 0.4) is 0 Å². The largest absolute Gasteiger partial charge is 0.476 e. The van der Waals surface area contributed by atoms with Gasteiger partial charge in [0.05, 0.1) is 4.58 Å². The molecule has 0 saturated carbocycles. The molecule has 3 aromatic rings. The van der Waals surface area contributed by atoms with E-state index in [0.29, 0.717) is 17.3 Å². The van der Waals surface area contributed by atoms with Gasteiger partial charge in [0.15, 0.2) is 5.71 Å². The number of halogens is 1. The zero-order valence-corrected chi connectivity index (χ0v) is 21.5. The molecule has 1 aromatic heterocycles. The van der Waals surface area contributed by atoms with E-state index in [1.807, 2.05) is 47.8 Å². The van der Waals surface area contributed by atoms with E-state index in [0.717, 1.165) is 46.4 Å². The summed E-state index contributed by atoms with van der Waals surface area (Å²) in [7, 11) is 1.34. The summed E-state index contributed by atoms with van der Waals surface area (Å²) in [5.74, 6) is 0.991. The number of rotatable bonds is 12. The molecule has 0 bridgehead atoms. The van der Waals surface area contributed by atoms with Crippen molar-refractivity contribution in [3.05, 3.63) is 70.4 Å². The molecule has 5 nitrogen and oxygen atoms in total. The second kappa shape index (κ2) is 12.4. The molecule has 0 saturated heterocycles. The molecular weight excluding hydrogens is 476 g/mol. The van der Waals surface area contributed by atoms with Gasteiger partial charge in [0.1, 0.15) is 12.3 Å². The minimum Gasteiger partial charge on any atom is -0.476 e. The van der Waals surface area contributed by atoms with Gasteiger partial charge in [0.2, 0.25) is 0 Å². The van der Waals surface area contributed by atoms with Crippen molar-refractivity contribution in [2.24, 2.45) is 5.16 Å². The molecule has 0 spiro atoms. The topological polar surface area (TPSA) is 63.8 Å². The molecule has 2 aromatic carbocycles. The van der Waals surface area contributed by atoms with E-state index in [9.17, 15) is 9.90 Å². The van der Waals surface area contributed by atoms with Crippen molar-refractivity contribution in [2.45, 2.75) is 37.8 Å². The monoisotopic (exact) mass is 504 g/mol. The van der Waals surface area contributed by atoms with E-state index in [2.05, 4.69) is 35.7 Å². The molecule has 0 aliphatic rings. The van der Waals surface area contributed by atoms with E-state index in [-0.39, 0.29) is 10.3 Å². The Bertz CT molecular complexity index is 1120. The highest BCUT2D eigenvalue weighted by Crippen LogP contribution is 2.47. The van der Waals surface area contributed by atoms with Crippen LogP contribution in [0.25, 0.3) is 10.9 Å². The van der Waals surface area contributed by atoms with Gasteiger partial charge in [-0.1, -0.05) is 73.1 Å². The summed E-state index contributed by atoms with van der Waals surface area (Å²) in [5, 5.41) is 15.3. The van der Waals surface area contributed by atoms with Crippen molar-refractivity contribution in [3.8, 4) is 0 Å². The lowest BCUT2D eigenvalue weighted by Crippen LogP contribution is -2.18. The molecule has 1 N–H and O–H groups in total. The first-order valence-corrected chi connectivity index (χ1v) is 13.4. The van der Waals surface area contributed by atoms with Gasteiger partial charge in [0, 0.05) is 28.6 Å². The lowest BCUT2D eigenvalue weighted by Gasteiger charge is -2.17. The maximum atomic E-state index is 11.8. The van der Waals surface area contributed by atoms with E-state index < -0.39 is 5.97 Å². The summed E-state index contributed by atoms with van der Waals surface area (Å²) in [6.07, 6.45) is 2.21.